The summed E-state index contributed by atoms with van der Waals surface area (Å²) in [5, 5.41) is 5.12. The molecule has 14 rings (SSSR count). The number of rotatable bonds is 5. The van der Waals surface area contributed by atoms with Crippen molar-refractivity contribution < 1.29 is 0 Å². The number of benzene rings is 10. The summed E-state index contributed by atoms with van der Waals surface area (Å²) in [6, 6.07) is 80.2. The Balaban J connectivity index is 1.12. The number of fused-ring (bicyclic) bond motifs is 10. The zero-order chi connectivity index (χ0) is 49.5. The van der Waals surface area contributed by atoms with Crippen LogP contribution in [0.3, 0.4) is 0 Å². The van der Waals surface area contributed by atoms with Gasteiger partial charge >= 0.3 is 434 Å². The van der Waals surface area contributed by atoms with Gasteiger partial charge in [-0.15, -0.1) is 0 Å². The molecule has 2 aromatic heterocycles. The summed E-state index contributed by atoms with van der Waals surface area (Å²) in [6.45, 7) is 12.1. The van der Waals surface area contributed by atoms with Gasteiger partial charge in [0.25, 0.3) is 0 Å². The fourth-order valence-corrected chi connectivity index (χ4v) is 21.2. The van der Waals surface area contributed by atoms with Crippen LogP contribution in [0.25, 0.3) is 77.2 Å². The van der Waals surface area contributed by atoms with Crippen molar-refractivity contribution in [1.82, 2.24) is 9.13 Å². The Morgan fingerprint density at radius 1 is 0.411 bits per heavy atom. The predicted molar refractivity (Wildman–Crippen MR) is 317 cm³/mol. The van der Waals surface area contributed by atoms with E-state index in [0.29, 0.717) is 0 Å². The molecule has 0 aliphatic carbocycles. The quantitative estimate of drug-likeness (QED) is 0.157. The Morgan fingerprint density at radius 3 is 1.42 bits per heavy atom. The fraction of sp³-hybridized carbons (Fsp3) is 0.118. The molecule has 350 valence electrons. The van der Waals surface area contributed by atoms with Gasteiger partial charge in [0.05, 0.1) is 0 Å². The van der Waals surface area contributed by atoms with Crippen LogP contribution in [0.1, 0.15) is 37.5 Å². The van der Waals surface area contributed by atoms with Crippen LogP contribution in [0.15, 0.2) is 212 Å². The molecule has 0 bridgehead atoms. The molecule has 10 aromatic carbocycles. The molecule has 73 heavy (non-hydrogen) atoms. The van der Waals surface area contributed by atoms with Crippen LogP contribution in [-0.4, -0.2) is 29.1 Å². The minimum atomic E-state index is -3.23. The summed E-state index contributed by atoms with van der Waals surface area (Å²) in [5.74, 6) is 5.36. The number of para-hydroxylation sites is 4. The topological polar surface area (TPSA) is 13.1 Å². The number of hydrogen-bond acceptors (Lipinski definition) is 1. The van der Waals surface area contributed by atoms with E-state index in [0.717, 1.165) is 0 Å². The minimum absolute atomic E-state index is 0.0215. The molecule has 0 spiro atoms. The van der Waals surface area contributed by atoms with Crippen molar-refractivity contribution in [1.29, 1.82) is 0 Å². The van der Waals surface area contributed by atoms with Crippen LogP contribution < -0.4 is 30.1 Å². The third-order valence-electron chi connectivity index (χ3n) is 16.7. The van der Waals surface area contributed by atoms with E-state index in [-0.39, 0.29) is 12.1 Å². The van der Waals surface area contributed by atoms with Crippen molar-refractivity contribution in [3.63, 3.8) is 0 Å². The summed E-state index contributed by atoms with van der Waals surface area (Å²) >= 11 is -3.23. The SMILES string of the molecule is Cc1c(-n2c3ccccc3c3ccccc32)ccc2c1N(c1cc(-c3ccccc3)ccc1-c1ccccc1)c1cc(C(C)(C)C)c[c]3c1B2c1ccc(-n2c4ccccc4c4ccccc42)c(C)[c]1[Ge]3([CH3])[CH3]. The second-order valence-electron chi connectivity index (χ2n) is 22.1. The van der Waals surface area contributed by atoms with Crippen LogP contribution in [0.5, 0.6) is 0 Å². The maximum absolute atomic E-state index is 3.23. The molecule has 0 N–H and O–H groups in total. The van der Waals surface area contributed by atoms with Gasteiger partial charge in [0.15, 0.2) is 0 Å². The second-order valence-corrected chi connectivity index (χ2v) is 31.1. The zero-order valence-corrected chi connectivity index (χ0v) is 44.7. The van der Waals surface area contributed by atoms with Gasteiger partial charge in [-0.05, 0) is 0 Å². The van der Waals surface area contributed by atoms with Crippen LogP contribution in [0.4, 0.5) is 17.1 Å². The Hall–Kier alpha value is -7.79. The average molecular weight is 999 g/mol. The van der Waals surface area contributed by atoms with Gasteiger partial charge in [-0.25, -0.2) is 0 Å². The van der Waals surface area contributed by atoms with Crippen molar-refractivity contribution in [3.8, 4) is 33.6 Å². The van der Waals surface area contributed by atoms with Gasteiger partial charge in [0.1, 0.15) is 0 Å². The molecule has 0 saturated heterocycles. The Kier molecular flexibility index (Phi) is 9.70. The maximum atomic E-state index is 2.73. The van der Waals surface area contributed by atoms with Crippen molar-refractivity contribution >= 4 is 106 Å². The van der Waals surface area contributed by atoms with Crippen LogP contribution in [0.2, 0.25) is 11.5 Å². The van der Waals surface area contributed by atoms with Gasteiger partial charge < -0.3 is 0 Å². The van der Waals surface area contributed by atoms with Crippen molar-refractivity contribution in [3.05, 3.63) is 229 Å². The molecule has 0 fully saturated rings. The first kappa shape index (κ1) is 44.0. The van der Waals surface area contributed by atoms with E-state index in [4.69, 9.17) is 0 Å². The molecule has 5 heteroatoms. The first-order valence-corrected chi connectivity index (χ1v) is 32.3. The van der Waals surface area contributed by atoms with Crippen LogP contribution >= 0.6 is 0 Å². The van der Waals surface area contributed by atoms with E-state index in [1.54, 1.807) is 8.79 Å². The predicted octanol–water partition coefficient (Wildman–Crippen LogP) is 14.6. The van der Waals surface area contributed by atoms with E-state index in [1.165, 1.54) is 127 Å². The number of nitrogens with zero attached hydrogens (tertiary/aromatic N) is 3. The van der Waals surface area contributed by atoms with Gasteiger partial charge in [0, 0.05) is 0 Å². The molecule has 0 atom stereocenters. The zero-order valence-electron chi connectivity index (χ0n) is 42.6. The van der Waals surface area contributed by atoms with Gasteiger partial charge in [0.2, 0.25) is 0 Å². The molecule has 4 heterocycles. The van der Waals surface area contributed by atoms with Crippen molar-refractivity contribution in [2.24, 2.45) is 0 Å². The van der Waals surface area contributed by atoms with E-state index in [1.807, 2.05) is 0 Å². The molecule has 12 aromatic rings. The van der Waals surface area contributed by atoms with Gasteiger partial charge in [-0.2, -0.15) is 0 Å². The summed E-state index contributed by atoms with van der Waals surface area (Å²) in [7, 11) is 0. The summed E-state index contributed by atoms with van der Waals surface area (Å²) in [5.41, 5.74) is 24.2. The molecule has 0 unspecified atom stereocenters. The average Bonchev–Trinajstić information content (AvgIpc) is 3.93. The third kappa shape index (κ3) is 6.39. The first-order chi connectivity index (χ1) is 35.5. The molecule has 0 radical (unpaired) electrons. The Morgan fingerprint density at radius 2 is 0.890 bits per heavy atom. The van der Waals surface area contributed by atoms with E-state index >= 15 is 0 Å². The van der Waals surface area contributed by atoms with E-state index < -0.39 is 13.3 Å². The van der Waals surface area contributed by atoms with Gasteiger partial charge in [-0.3, -0.25) is 0 Å². The molecular formula is C68H56BGeN3. The monoisotopic (exact) mass is 999 g/mol. The van der Waals surface area contributed by atoms with Crippen LogP contribution in [0, 0.1) is 13.8 Å². The third-order valence-corrected chi connectivity index (χ3v) is 24.4. The Bertz CT molecular complexity index is 4140. The summed E-state index contributed by atoms with van der Waals surface area (Å²) in [4.78, 5) is 2.73. The molecule has 0 amide bonds. The number of hydrogen-bond donors (Lipinski definition) is 0. The number of aromatic nitrogens is 2. The summed E-state index contributed by atoms with van der Waals surface area (Å²) in [6.07, 6.45) is 0. The van der Waals surface area contributed by atoms with E-state index in [9.17, 15) is 0 Å². The number of anilines is 3. The molecule has 0 saturated carbocycles. The standard InChI is InChI=1S/C68H56BGeN3/c1-43-57(71-59-30-18-14-26-50(59)51-27-15-19-31-60(51)71)38-36-54-66(43)70(6,7)56-41-48(68(3,4)5)42-64-65(56)69(54)55-37-39-58(72-61-32-20-16-28-52(61)53-29-17-21-33-62(53)72)44(2)67(55)73(64)63-40-47(45-22-10-8-11-23-45)34-35-49(63)46-24-12-9-13-25-46/h8-42H,1-7H3. The molecule has 3 nitrogen and oxygen atoms in total. The molecule has 2 aliphatic heterocycles. The molecular weight excluding hydrogens is 942 g/mol. The molecule has 2 aliphatic rings. The van der Waals surface area contributed by atoms with Crippen LogP contribution in [-0.2, 0) is 5.41 Å². The Labute approximate surface area is 431 Å². The van der Waals surface area contributed by atoms with Gasteiger partial charge in [-0.1, -0.05) is 0 Å². The fourth-order valence-electron chi connectivity index (χ4n) is 13.3. The van der Waals surface area contributed by atoms with E-state index in [2.05, 4.69) is 272 Å². The van der Waals surface area contributed by atoms with Crippen molar-refractivity contribution in [2.75, 3.05) is 4.90 Å². The summed E-state index contributed by atoms with van der Waals surface area (Å²) < 4.78 is 8.27. The second kappa shape index (κ2) is 16.1. The first-order valence-electron chi connectivity index (χ1n) is 26.0. The normalized spacial score (nSPS) is 13.7. The van der Waals surface area contributed by atoms with Crippen molar-refractivity contribution in [2.45, 2.75) is 51.5 Å².